The molecule has 0 spiro atoms. The predicted octanol–water partition coefficient (Wildman–Crippen LogP) is 1.56. The molecule has 19 heavy (non-hydrogen) atoms. The molecule has 1 amide bonds. The van der Waals surface area contributed by atoms with E-state index in [4.69, 9.17) is 20.9 Å². The summed E-state index contributed by atoms with van der Waals surface area (Å²) in [6.45, 7) is 0. The van der Waals surface area contributed by atoms with Gasteiger partial charge in [-0.05, 0) is 18.2 Å². The molecule has 0 unspecified atom stereocenters. The Morgan fingerprint density at radius 2 is 2.00 bits per heavy atom. The van der Waals surface area contributed by atoms with Crippen molar-refractivity contribution in [2.75, 3.05) is 12.8 Å². The van der Waals surface area contributed by atoms with Gasteiger partial charge in [0.25, 0.3) is 5.91 Å². The number of methoxy groups -OCH3 is 1. The first-order valence-corrected chi connectivity index (χ1v) is 5.47. The van der Waals surface area contributed by atoms with Gasteiger partial charge >= 0.3 is 0 Å². The highest BCUT2D eigenvalue weighted by atomic mass is 16.5. The summed E-state index contributed by atoms with van der Waals surface area (Å²) >= 11 is 0. The molecule has 0 aliphatic rings. The highest BCUT2D eigenvalue weighted by Crippen LogP contribution is 2.33. The molecule has 0 aliphatic heterocycles. The highest BCUT2D eigenvalue weighted by Gasteiger charge is 2.08. The van der Waals surface area contributed by atoms with E-state index in [2.05, 4.69) is 4.98 Å². The summed E-state index contributed by atoms with van der Waals surface area (Å²) in [5.74, 6) is 0.786. The average molecular weight is 259 g/mol. The van der Waals surface area contributed by atoms with Gasteiger partial charge in [-0.3, -0.25) is 9.78 Å². The molecular weight excluding hydrogens is 246 g/mol. The number of nitrogens with two attached hydrogens (primary N) is 2. The van der Waals surface area contributed by atoms with Crippen molar-refractivity contribution in [1.29, 1.82) is 0 Å². The molecule has 1 heterocycles. The average Bonchev–Trinajstić information content (AvgIpc) is 2.39. The molecule has 4 N–H and O–H groups in total. The van der Waals surface area contributed by atoms with E-state index in [0.717, 1.165) is 0 Å². The fourth-order valence-corrected chi connectivity index (χ4v) is 1.51. The van der Waals surface area contributed by atoms with Crippen molar-refractivity contribution in [2.45, 2.75) is 0 Å². The van der Waals surface area contributed by atoms with Gasteiger partial charge in [-0.25, -0.2) is 0 Å². The third kappa shape index (κ3) is 2.92. The third-order valence-electron chi connectivity index (χ3n) is 2.40. The van der Waals surface area contributed by atoms with Crippen LogP contribution in [0.1, 0.15) is 10.5 Å². The first-order valence-electron chi connectivity index (χ1n) is 5.47. The number of carbonyl (C=O) groups excluding carboxylic acids is 1. The summed E-state index contributed by atoms with van der Waals surface area (Å²) in [5.41, 5.74) is 11.5. The molecule has 0 aliphatic carbocycles. The van der Waals surface area contributed by atoms with E-state index in [-0.39, 0.29) is 5.69 Å². The lowest BCUT2D eigenvalue weighted by Gasteiger charge is -2.11. The van der Waals surface area contributed by atoms with Crippen molar-refractivity contribution < 1.29 is 14.3 Å². The van der Waals surface area contributed by atoms with E-state index in [1.54, 1.807) is 24.3 Å². The van der Waals surface area contributed by atoms with Crippen LogP contribution in [0.3, 0.4) is 0 Å². The molecule has 0 saturated carbocycles. The van der Waals surface area contributed by atoms with Gasteiger partial charge in [-0.2, -0.15) is 0 Å². The standard InChI is InChI=1S/C13H13N3O3/c1-18-11-3-2-8(14)6-12(11)19-9-4-5-16-10(7-9)13(15)17/h2-7H,14H2,1H3,(H2,15,17). The summed E-state index contributed by atoms with van der Waals surface area (Å²) in [6, 6.07) is 8.08. The Morgan fingerprint density at radius 1 is 1.21 bits per heavy atom. The number of nitrogen functional groups attached to an aromatic ring is 1. The van der Waals surface area contributed by atoms with Crippen LogP contribution in [0.25, 0.3) is 0 Å². The van der Waals surface area contributed by atoms with Crippen molar-refractivity contribution in [3.63, 3.8) is 0 Å². The smallest absolute Gasteiger partial charge is 0.267 e. The van der Waals surface area contributed by atoms with Gasteiger partial charge in [0.1, 0.15) is 11.4 Å². The lowest BCUT2D eigenvalue weighted by molar-refractivity contribution is 0.0995. The summed E-state index contributed by atoms with van der Waals surface area (Å²) in [6.07, 6.45) is 1.44. The van der Waals surface area contributed by atoms with E-state index in [1.807, 2.05) is 0 Å². The van der Waals surface area contributed by atoms with Crippen LogP contribution in [0.15, 0.2) is 36.5 Å². The zero-order valence-electron chi connectivity index (χ0n) is 10.3. The summed E-state index contributed by atoms with van der Waals surface area (Å²) in [5, 5.41) is 0. The Kier molecular flexibility index (Phi) is 3.51. The van der Waals surface area contributed by atoms with Crippen LogP contribution < -0.4 is 20.9 Å². The molecule has 1 aromatic heterocycles. The number of hydrogen-bond acceptors (Lipinski definition) is 5. The Hall–Kier alpha value is -2.76. The SMILES string of the molecule is COc1ccc(N)cc1Oc1ccnc(C(N)=O)c1. The number of aromatic nitrogens is 1. The third-order valence-corrected chi connectivity index (χ3v) is 2.40. The van der Waals surface area contributed by atoms with Gasteiger partial charge < -0.3 is 20.9 Å². The topological polar surface area (TPSA) is 100 Å². The Morgan fingerprint density at radius 3 is 2.68 bits per heavy atom. The van der Waals surface area contributed by atoms with Crippen molar-refractivity contribution in [2.24, 2.45) is 5.73 Å². The van der Waals surface area contributed by atoms with Crippen molar-refractivity contribution in [3.8, 4) is 17.2 Å². The molecule has 0 fully saturated rings. The second-order valence-corrected chi connectivity index (χ2v) is 3.75. The Balaban J connectivity index is 2.33. The number of anilines is 1. The van der Waals surface area contributed by atoms with E-state index < -0.39 is 5.91 Å². The van der Waals surface area contributed by atoms with Gasteiger partial charge in [0.2, 0.25) is 0 Å². The van der Waals surface area contributed by atoms with Crippen LogP contribution in [0.2, 0.25) is 0 Å². The molecule has 6 nitrogen and oxygen atoms in total. The maximum absolute atomic E-state index is 11.0. The predicted molar refractivity (Wildman–Crippen MR) is 70.2 cm³/mol. The number of rotatable bonds is 4. The van der Waals surface area contributed by atoms with E-state index in [1.165, 1.54) is 19.4 Å². The Bertz CT molecular complexity index is 614. The first kappa shape index (κ1) is 12.7. The number of primary amides is 1. The molecule has 2 rings (SSSR count). The maximum atomic E-state index is 11.0. The van der Waals surface area contributed by atoms with Crippen LogP contribution in [0, 0.1) is 0 Å². The number of pyridine rings is 1. The fourth-order valence-electron chi connectivity index (χ4n) is 1.51. The van der Waals surface area contributed by atoms with Crippen LogP contribution in [-0.4, -0.2) is 18.0 Å². The molecule has 98 valence electrons. The second kappa shape index (κ2) is 5.26. The minimum atomic E-state index is -0.620. The molecule has 1 aromatic carbocycles. The summed E-state index contributed by atoms with van der Waals surface area (Å²) in [4.78, 5) is 14.9. The molecule has 2 aromatic rings. The molecule has 0 atom stereocenters. The van der Waals surface area contributed by atoms with Crippen molar-refractivity contribution in [3.05, 3.63) is 42.2 Å². The van der Waals surface area contributed by atoms with Gasteiger partial charge in [-0.1, -0.05) is 0 Å². The lowest BCUT2D eigenvalue weighted by atomic mass is 10.2. The number of benzene rings is 1. The van der Waals surface area contributed by atoms with E-state index >= 15 is 0 Å². The summed E-state index contributed by atoms with van der Waals surface area (Å²) < 4.78 is 10.8. The summed E-state index contributed by atoms with van der Waals surface area (Å²) in [7, 11) is 1.53. The lowest BCUT2D eigenvalue weighted by Crippen LogP contribution is -2.12. The molecule has 0 saturated heterocycles. The first-order chi connectivity index (χ1) is 9.10. The fraction of sp³-hybridized carbons (Fsp3) is 0.0769. The number of nitrogens with zero attached hydrogens (tertiary/aromatic N) is 1. The monoisotopic (exact) mass is 259 g/mol. The van der Waals surface area contributed by atoms with Gasteiger partial charge in [0.05, 0.1) is 7.11 Å². The zero-order chi connectivity index (χ0) is 13.8. The number of ether oxygens (including phenoxy) is 2. The van der Waals surface area contributed by atoms with Crippen LogP contribution in [0.4, 0.5) is 5.69 Å². The number of carbonyl (C=O) groups is 1. The largest absolute Gasteiger partial charge is 0.493 e. The van der Waals surface area contributed by atoms with Gasteiger partial charge in [-0.15, -0.1) is 0 Å². The number of amides is 1. The van der Waals surface area contributed by atoms with Crippen LogP contribution >= 0.6 is 0 Å². The zero-order valence-corrected chi connectivity index (χ0v) is 10.3. The highest BCUT2D eigenvalue weighted by molar-refractivity contribution is 5.91. The quantitative estimate of drug-likeness (QED) is 0.811. The second-order valence-electron chi connectivity index (χ2n) is 3.75. The van der Waals surface area contributed by atoms with Crippen LogP contribution in [0.5, 0.6) is 17.2 Å². The minimum Gasteiger partial charge on any atom is -0.493 e. The van der Waals surface area contributed by atoms with Crippen molar-refractivity contribution in [1.82, 2.24) is 4.98 Å². The molecular formula is C13H13N3O3. The normalized spacial score (nSPS) is 9.95. The molecule has 0 bridgehead atoms. The van der Waals surface area contributed by atoms with Crippen LogP contribution in [-0.2, 0) is 0 Å². The molecule has 6 heteroatoms. The Labute approximate surface area is 110 Å². The van der Waals surface area contributed by atoms with E-state index in [0.29, 0.717) is 22.9 Å². The van der Waals surface area contributed by atoms with Gasteiger partial charge in [0.15, 0.2) is 11.5 Å². The maximum Gasteiger partial charge on any atom is 0.267 e. The molecule has 0 radical (unpaired) electrons. The van der Waals surface area contributed by atoms with Crippen molar-refractivity contribution >= 4 is 11.6 Å². The minimum absolute atomic E-state index is 0.125. The van der Waals surface area contributed by atoms with E-state index in [9.17, 15) is 4.79 Å². The number of hydrogen-bond donors (Lipinski definition) is 2. The van der Waals surface area contributed by atoms with Gasteiger partial charge in [0, 0.05) is 24.0 Å².